The molecule has 1 fully saturated rings. The fraction of sp³-hybridized carbons (Fsp3) is 0.192. The number of halogens is 1. The zero-order valence-electron chi connectivity index (χ0n) is 18.2. The summed E-state index contributed by atoms with van der Waals surface area (Å²) in [5.74, 6) is -1.55. The van der Waals surface area contributed by atoms with Crippen LogP contribution < -0.4 is 9.64 Å². The van der Waals surface area contributed by atoms with E-state index in [0.29, 0.717) is 35.1 Å². The number of rotatable bonds is 6. The number of hydrogen-bond acceptors (Lipinski definition) is 5. The number of aliphatic hydroxyl groups is 1. The summed E-state index contributed by atoms with van der Waals surface area (Å²) in [4.78, 5) is 31.5. The van der Waals surface area contributed by atoms with Gasteiger partial charge in [-0.1, -0.05) is 26.0 Å². The Morgan fingerprint density at radius 2 is 1.79 bits per heavy atom. The number of aliphatic hydroxyl groups excluding tert-OH is 1. The van der Waals surface area contributed by atoms with Gasteiger partial charge in [0.15, 0.2) is 0 Å². The van der Waals surface area contributed by atoms with Gasteiger partial charge in [0.1, 0.15) is 17.3 Å². The number of nitrogens with zero attached hydrogens (tertiary/aromatic N) is 2. The first kappa shape index (κ1) is 22.2. The van der Waals surface area contributed by atoms with Gasteiger partial charge in [-0.2, -0.15) is 0 Å². The molecular weight excluding hydrogens is 423 g/mol. The molecule has 0 spiro atoms. The molecule has 2 heterocycles. The van der Waals surface area contributed by atoms with Gasteiger partial charge < -0.3 is 9.84 Å². The van der Waals surface area contributed by atoms with E-state index in [0.717, 1.165) is 0 Å². The molecule has 1 aromatic heterocycles. The molecule has 1 amide bonds. The Labute approximate surface area is 191 Å². The van der Waals surface area contributed by atoms with Crippen molar-refractivity contribution in [1.82, 2.24) is 4.98 Å². The van der Waals surface area contributed by atoms with E-state index in [1.807, 2.05) is 13.8 Å². The predicted molar refractivity (Wildman–Crippen MR) is 122 cm³/mol. The number of carbonyl (C=O) groups excluding carboxylic acids is 2. The number of benzene rings is 2. The Hall–Kier alpha value is -4.00. The molecule has 1 N–H and O–H groups in total. The largest absolute Gasteiger partial charge is 0.507 e. The standard InChI is InChI=1S/C26H23FN2O4/c1-16(2)15-33-21-5-3-4-18(14-21)24(30)22-23(17-10-12-28-13-11-17)29(26(32)25(22)31)20-8-6-19(27)7-9-20/h3-14,16,23,30H,15H2,1-2H3/b24-22-. The Kier molecular flexibility index (Phi) is 6.22. The van der Waals surface area contributed by atoms with Gasteiger partial charge in [0, 0.05) is 23.6 Å². The second-order valence-corrected chi connectivity index (χ2v) is 8.16. The minimum atomic E-state index is -0.904. The van der Waals surface area contributed by atoms with Crippen molar-refractivity contribution >= 4 is 23.1 Å². The molecule has 6 nitrogen and oxygen atoms in total. The van der Waals surface area contributed by atoms with Crippen LogP contribution >= 0.6 is 0 Å². The van der Waals surface area contributed by atoms with Crippen molar-refractivity contribution < 1.29 is 23.8 Å². The summed E-state index contributed by atoms with van der Waals surface area (Å²) < 4.78 is 19.2. The van der Waals surface area contributed by atoms with E-state index < -0.39 is 23.5 Å². The van der Waals surface area contributed by atoms with E-state index in [4.69, 9.17) is 4.74 Å². The van der Waals surface area contributed by atoms with Gasteiger partial charge in [0.05, 0.1) is 18.2 Å². The molecule has 7 heteroatoms. The van der Waals surface area contributed by atoms with Gasteiger partial charge in [0.25, 0.3) is 11.7 Å². The number of anilines is 1. The quantitative estimate of drug-likeness (QED) is 0.332. The predicted octanol–water partition coefficient (Wildman–Crippen LogP) is 4.88. The van der Waals surface area contributed by atoms with E-state index >= 15 is 0 Å². The molecule has 1 atom stereocenters. The van der Waals surface area contributed by atoms with E-state index in [1.165, 1.54) is 29.2 Å². The summed E-state index contributed by atoms with van der Waals surface area (Å²) in [5, 5.41) is 11.2. The topological polar surface area (TPSA) is 79.7 Å². The number of amides is 1. The summed E-state index contributed by atoms with van der Waals surface area (Å²) >= 11 is 0. The second-order valence-electron chi connectivity index (χ2n) is 8.16. The van der Waals surface area contributed by atoms with Crippen molar-refractivity contribution in [2.45, 2.75) is 19.9 Å². The van der Waals surface area contributed by atoms with Crippen molar-refractivity contribution in [1.29, 1.82) is 0 Å². The van der Waals surface area contributed by atoms with Crippen molar-refractivity contribution in [2.24, 2.45) is 5.92 Å². The van der Waals surface area contributed by atoms with E-state index in [9.17, 15) is 19.1 Å². The maximum Gasteiger partial charge on any atom is 0.300 e. The number of hydrogen-bond donors (Lipinski definition) is 1. The number of aromatic nitrogens is 1. The van der Waals surface area contributed by atoms with Gasteiger partial charge in [-0.25, -0.2) is 4.39 Å². The average molecular weight is 446 g/mol. The number of ketones is 1. The molecule has 3 aromatic rings. The fourth-order valence-electron chi connectivity index (χ4n) is 3.71. The van der Waals surface area contributed by atoms with Crippen molar-refractivity contribution in [3.63, 3.8) is 0 Å². The molecule has 0 bridgehead atoms. The third-order valence-electron chi connectivity index (χ3n) is 5.26. The summed E-state index contributed by atoms with van der Waals surface area (Å²) in [6.45, 7) is 4.54. The van der Waals surface area contributed by atoms with Crippen molar-refractivity contribution in [3.8, 4) is 5.75 Å². The van der Waals surface area contributed by atoms with Gasteiger partial charge in [-0.15, -0.1) is 0 Å². The molecule has 1 saturated heterocycles. The highest BCUT2D eigenvalue weighted by Gasteiger charge is 2.47. The molecule has 2 aromatic carbocycles. The summed E-state index contributed by atoms with van der Waals surface area (Å²) in [6, 6.07) is 14.5. The van der Waals surface area contributed by atoms with Crippen LogP contribution in [-0.4, -0.2) is 28.4 Å². The highest BCUT2D eigenvalue weighted by atomic mass is 19.1. The Balaban J connectivity index is 1.84. The first-order valence-electron chi connectivity index (χ1n) is 10.6. The van der Waals surface area contributed by atoms with Gasteiger partial charge in [0.2, 0.25) is 0 Å². The molecule has 0 radical (unpaired) electrons. The number of carbonyl (C=O) groups is 2. The van der Waals surface area contributed by atoms with Crippen LogP contribution in [-0.2, 0) is 9.59 Å². The lowest BCUT2D eigenvalue weighted by molar-refractivity contribution is -0.132. The molecular formula is C26H23FN2O4. The van der Waals surface area contributed by atoms with Crippen LogP contribution in [0.15, 0.2) is 78.6 Å². The zero-order valence-corrected chi connectivity index (χ0v) is 18.2. The highest BCUT2D eigenvalue weighted by Crippen LogP contribution is 2.42. The third kappa shape index (κ3) is 4.48. The summed E-state index contributed by atoms with van der Waals surface area (Å²) in [7, 11) is 0. The van der Waals surface area contributed by atoms with E-state index in [1.54, 1.807) is 48.8 Å². The zero-order chi connectivity index (χ0) is 23.5. The maximum atomic E-state index is 13.5. The Morgan fingerprint density at radius 1 is 1.09 bits per heavy atom. The van der Waals surface area contributed by atoms with E-state index in [-0.39, 0.29) is 11.3 Å². The number of Topliss-reactive ketones (excluding diaryl/α,β-unsaturated/α-hetero) is 1. The third-order valence-corrected chi connectivity index (χ3v) is 5.26. The molecule has 1 aliphatic rings. The molecule has 33 heavy (non-hydrogen) atoms. The molecule has 1 unspecified atom stereocenters. The van der Waals surface area contributed by atoms with Crippen LogP contribution in [0, 0.1) is 11.7 Å². The van der Waals surface area contributed by atoms with Crippen LogP contribution in [0.1, 0.15) is 31.0 Å². The molecule has 1 aliphatic heterocycles. The van der Waals surface area contributed by atoms with E-state index in [2.05, 4.69) is 4.98 Å². The monoisotopic (exact) mass is 446 g/mol. The lowest BCUT2D eigenvalue weighted by atomic mass is 9.95. The molecule has 4 rings (SSSR count). The lowest BCUT2D eigenvalue weighted by Gasteiger charge is -2.25. The molecule has 168 valence electrons. The van der Waals surface area contributed by atoms with Crippen LogP contribution in [0.3, 0.4) is 0 Å². The van der Waals surface area contributed by atoms with Gasteiger partial charge in [-0.05, 0) is 60.0 Å². The fourth-order valence-corrected chi connectivity index (χ4v) is 3.71. The summed E-state index contributed by atoms with van der Waals surface area (Å²) in [5.41, 5.74) is 1.22. The first-order chi connectivity index (χ1) is 15.9. The van der Waals surface area contributed by atoms with Crippen LogP contribution in [0.25, 0.3) is 5.76 Å². The van der Waals surface area contributed by atoms with Crippen molar-refractivity contribution in [3.05, 3.63) is 95.6 Å². The Morgan fingerprint density at radius 3 is 2.45 bits per heavy atom. The minimum absolute atomic E-state index is 0.0588. The molecule has 0 saturated carbocycles. The van der Waals surface area contributed by atoms with Gasteiger partial charge in [-0.3, -0.25) is 19.5 Å². The highest BCUT2D eigenvalue weighted by molar-refractivity contribution is 6.51. The normalized spacial score (nSPS) is 17.6. The SMILES string of the molecule is CC(C)COc1cccc(/C(O)=C2/C(=O)C(=O)N(c3ccc(F)cc3)C2c2ccncc2)c1. The van der Waals surface area contributed by atoms with Crippen molar-refractivity contribution in [2.75, 3.05) is 11.5 Å². The van der Waals surface area contributed by atoms with Gasteiger partial charge >= 0.3 is 0 Å². The first-order valence-corrected chi connectivity index (χ1v) is 10.6. The average Bonchev–Trinajstić information content (AvgIpc) is 3.09. The number of ether oxygens (including phenoxy) is 1. The minimum Gasteiger partial charge on any atom is -0.507 e. The number of pyridine rings is 1. The second kappa shape index (κ2) is 9.24. The van der Waals surface area contributed by atoms with Crippen LogP contribution in [0.4, 0.5) is 10.1 Å². The van der Waals surface area contributed by atoms with Crippen LogP contribution in [0.2, 0.25) is 0 Å². The maximum absolute atomic E-state index is 13.5. The smallest absolute Gasteiger partial charge is 0.300 e. The molecule has 0 aliphatic carbocycles. The Bertz CT molecular complexity index is 1210. The lowest BCUT2D eigenvalue weighted by Crippen LogP contribution is -2.29. The van der Waals surface area contributed by atoms with Crippen LogP contribution in [0.5, 0.6) is 5.75 Å². The summed E-state index contributed by atoms with van der Waals surface area (Å²) in [6.07, 6.45) is 3.08.